The van der Waals surface area contributed by atoms with Crippen LogP contribution >= 0.6 is 11.6 Å². The molecule has 4 rings (SSSR count). The molecule has 0 fully saturated rings. The number of nitriles is 1. The molecule has 0 unspecified atom stereocenters. The van der Waals surface area contributed by atoms with Gasteiger partial charge < -0.3 is 5.73 Å². The molecule has 0 bridgehead atoms. The van der Waals surface area contributed by atoms with Gasteiger partial charge in [0.1, 0.15) is 5.82 Å². The fourth-order valence-electron chi connectivity index (χ4n) is 4.32. The molecule has 0 saturated heterocycles. The van der Waals surface area contributed by atoms with Crippen molar-refractivity contribution < 1.29 is 4.79 Å². The van der Waals surface area contributed by atoms with E-state index in [1.807, 2.05) is 30.3 Å². The lowest BCUT2D eigenvalue weighted by Gasteiger charge is -2.43. The van der Waals surface area contributed by atoms with E-state index in [4.69, 9.17) is 17.3 Å². The summed E-state index contributed by atoms with van der Waals surface area (Å²) in [4.78, 5) is 15.2. The second-order valence-corrected chi connectivity index (χ2v) is 8.84. The number of nitrogens with two attached hydrogens (primary N) is 1. The Kier molecular flexibility index (Phi) is 4.51. The first-order valence-electron chi connectivity index (χ1n) is 9.42. The Hall–Kier alpha value is -3.04. The molecule has 1 aromatic heterocycles. The van der Waals surface area contributed by atoms with E-state index in [1.165, 1.54) is 0 Å². The minimum absolute atomic E-state index is 0.0457. The van der Waals surface area contributed by atoms with Crippen LogP contribution in [-0.2, 0) is 11.8 Å². The van der Waals surface area contributed by atoms with Gasteiger partial charge in [0.25, 0.3) is 0 Å². The van der Waals surface area contributed by atoms with Gasteiger partial charge in [-0.25, -0.2) is 0 Å². The molecule has 1 aliphatic carbocycles. The molecule has 1 aromatic carbocycles. The molecule has 2 N–H and O–H groups in total. The molecule has 0 saturated carbocycles. The minimum atomic E-state index is -0.504. The third-order valence-electron chi connectivity index (χ3n) is 5.52. The standard InChI is InChI=1S/C22H22ClN5O/c1-22(2)8-17-20(18(29)9-22)19(13-11-26-27(3)12-13)16(10-24)21(25)28(17)15-6-4-14(23)5-7-15/h4-7,11-12,19H,8-9,25H2,1-3H3/t19-/m1/s1. The maximum Gasteiger partial charge on any atom is 0.162 e. The summed E-state index contributed by atoms with van der Waals surface area (Å²) >= 11 is 6.06. The Morgan fingerprint density at radius 3 is 2.55 bits per heavy atom. The SMILES string of the molecule is Cn1cc([C@@H]2C(C#N)=C(N)N(c3ccc(Cl)cc3)C3=C2C(=O)CC(C)(C)C3)cn1. The number of carbonyl (C=O) groups is 1. The summed E-state index contributed by atoms with van der Waals surface area (Å²) < 4.78 is 1.67. The number of hydrogen-bond donors (Lipinski definition) is 1. The maximum atomic E-state index is 13.3. The van der Waals surface area contributed by atoms with Crippen LogP contribution < -0.4 is 10.6 Å². The van der Waals surface area contributed by atoms with E-state index >= 15 is 0 Å². The van der Waals surface area contributed by atoms with Crippen molar-refractivity contribution in [2.45, 2.75) is 32.6 Å². The average Bonchev–Trinajstić information content (AvgIpc) is 3.07. The van der Waals surface area contributed by atoms with Gasteiger partial charge in [0.05, 0.1) is 23.8 Å². The Bertz CT molecular complexity index is 1100. The van der Waals surface area contributed by atoms with Crippen molar-refractivity contribution in [1.82, 2.24) is 9.78 Å². The summed E-state index contributed by atoms with van der Waals surface area (Å²) in [5.74, 6) is -0.118. The molecule has 2 aliphatic rings. The summed E-state index contributed by atoms with van der Waals surface area (Å²) in [6.07, 6.45) is 4.64. The van der Waals surface area contributed by atoms with Crippen LogP contribution in [-0.4, -0.2) is 15.6 Å². The van der Waals surface area contributed by atoms with E-state index in [-0.39, 0.29) is 11.2 Å². The van der Waals surface area contributed by atoms with Crippen LogP contribution in [0, 0.1) is 16.7 Å². The predicted molar refractivity (Wildman–Crippen MR) is 112 cm³/mol. The monoisotopic (exact) mass is 407 g/mol. The number of aromatic nitrogens is 2. The Labute approximate surface area is 174 Å². The summed E-state index contributed by atoms with van der Waals surface area (Å²) in [6, 6.07) is 9.52. The van der Waals surface area contributed by atoms with Crippen LogP contribution in [0.3, 0.4) is 0 Å². The van der Waals surface area contributed by atoms with Crippen LogP contribution in [0.5, 0.6) is 0 Å². The number of Topliss-reactive ketones (excluding diaryl/α,β-unsaturated/α-hetero) is 1. The first-order valence-corrected chi connectivity index (χ1v) is 9.80. The smallest absolute Gasteiger partial charge is 0.162 e. The third-order valence-corrected chi connectivity index (χ3v) is 5.78. The third kappa shape index (κ3) is 3.22. The van der Waals surface area contributed by atoms with Crippen LogP contribution in [0.4, 0.5) is 5.69 Å². The number of halogens is 1. The number of benzene rings is 1. The van der Waals surface area contributed by atoms with Gasteiger partial charge >= 0.3 is 0 Å². The summed E-state index contributed by atoms with van der Waals surface area (Å²) in [7, 11) is 1.81. The lowest BCUT2D eigenvalue weighted by atomic mass is 9.69. The molecule has 29 heavy (non-hydrogen) atoms. The molecule has 2 aromatic rings. The average molecular weight is 408 g/mol. The van der Waals surface area contributed by atoms with Gasteiger partial charge in [0, 0.05) is 47.2 Å². The number of hydrogen-bond acceptors (Lipinski definition) is 5. The molecule has 2 heterocycles. The topological polar surface area (TPSA) is 87.9 Å². The van der Waals surface area contributed by atoms with Crippen molar-refractivity contribution in [2.24, 2.45) is 18.2 Å². The fourth-order valence-corrected chi connectivity index (χ4v) is 4.44. The van der Waals surface area contributed by atoms with Crippen LogP contribution in [0.25, 0.3) is 0 Å². The zero-order valence-electron chi connectivity index (χ0n) is 16.6. The highest BCUT2D eigenvalue weighted by Gasteiger charge is 2.44. The second kappa shape index (κ2) is 6.78. The summed E-state index contributed by atoms with van der Waals surface area (Å²) in [6.45, 7) is 4.15. The molecule has 1 aliphatic heterocycles. The lowest BCUT2D eigenvalue weighted by Crippen LogP contribution is -2.42. The molecular weight excluding hydrogens is 386 g/mol. The summed E-state index contributed by atoms with van der Waals surface area (Å²) in [5.41, 5.74) is 9.77. The highest BCUT2D eigenvalue weighted by Crippen LogP contribution is 2.50. The van der Waals surface area contributed by atoms with E-state index in [2.05, 4.69) is 25.0 Å². The Morgan fingerprint density at radius 2 is 1.97 bits per heavy atom. The highest BCUT2D eigenvalue weighted by molar-refractivity contribution is 6.30. The molecule has 1 atom stereocenters. The van der Waals surface area contributed by atoms with Crippen molar-refractivity contribution in [2.75, 3.05) is 4.90 Å². The number of rotatable bonds is 2. The zero-order valence-corrected chi connectivity index (χ0v) is 17.4. The number of aryl methyl sites for hydroxylation is 1. The van der Waals surface area contributed by atoms with E-state index in [0.717, 1.165) is 16.9 Å². The normalized spacial score (nSPS) is 21.3. The second-order valence-electron chi connectivity index (χ2n) is 8.40. The van der Waals surface area contributed by atoms with Crippen LogP contribution in [0.2, 0.25) is 5.02 Å². The number of ketones is 1. The predicted octanol–water partition coefficient (Wildman–Crippen LogP) is 4.01. The Morgan fingerprint density at radius 1 is 1.28 bits per heavy atom. The first kappa shape index (κ1) is 19.3. The van der Waals surface area contributed by atoms with Gasteiger partial charge in [-0.3, -0.25) is 14.4 Å². The van der Waals surface area contributed by atoms with E-state index in [1.54, 1.807) is 23.0 Å². The molecular formula is C22H22ClN5O. The van der Waals surface area contributed by atoms with Crippen molar-refractivity contribution in [1.29, 1.82) is 5.26 Å². The van der Waals surface area contributed by atoms with E-state index in [0.29, 0.717) is 34.8 Å². The number of nitrogens with zero attached hydrogens (tertiary/aromatic N) is 4. The number of anilines is 1. The van der Waals surface area contributed by atoms with Crippen molar-refractivity contribution in [3.05, 3.63) is 69.9 Å². The molecule has 0 spiro atoms. The fraction of sp³-hybridized carbons (Fsp3) is 0.318. The molecule has 7 heteroatoms. The van der Waals surface area contributed by atoms with Gasteiger partial charge in [0.15, 0.2) is 5.78 Å². The minimum Gasteiger partial charge on any atom is -0.384 e. The molecule has 0 radical (unpaired) electrons. The molecule has 0 amide bonds. The molecule has 148 valence electrons. The lowest BCUT2D eigenvalue weighted by molar-refractivity contribution is -0.118. The zero-order chi connectivity index (χ0) is 20.9. The number of allylic oxidation sites excluding steroid dienone is 3. The number of carbonyl (C=O) groups excluding carboxylic acids is 1. The van der Waals surface area contributed by atoms with Crippen LogP contribution in [0.1, 0.15) is 38.2 Å². The van der Waals surface area contributed by atoms with Gasteiger partial charge in [-0.15, -0.1) is 0 Å². The molecule has 6 nitrogen and oxygen atoms in total. The first-order chi connectivity index (χ1) is 13.7. The van der Waals surface area contributed by atoms with Crippen LogP contribution in [0.15, 0.2) is 59.3 Å². The Balaban J connectivity index is 1.99. The van der Waals surface area contributed by atoms with Crippen molar-refractivity contribution in [3.8, 4) is 6.07 Å². The van der Waals surface area contributed by atoms with Crippen molar-refractivity contribution >= 4 is 23.1 Å². The van der Waals surface area contributed by atoms with Gasteiger partial charge in [0.2, 0.25) is 0 Å². The maximum absolute atomic E-state index is 13.3. The van der Waals surface area contributed by atoms with Gasteiger partial charge in [-0.2, -0.15) is 10.4 Å². The van der Waals surface area contributed by atoms with Gasteiger partial charge in [-0.05, 0) is 36.1 Å². The summed E-state index contributed by atoms with van der Waals surface area (Å²) in [5, 5.41) is 14.8. The largest absolute Gasteiger partial charge is 0.384 e. The van der Waals surface area contributed by atoms with E-state index < -0.39 is 5.92 Å². The highest BCUT2D eigenvalue weighted by atomic mass is 35.5. The van der Waals surface area contributed by atoms with Crippen molar-refractivity contribution in [3.63, 3.8) is 0 Å². The quantitative estimate of drug-likeness (QED) is 0.812. The van der Waals surface area contributed by atoms with E-state index in [9.17, 15) is 10.1 Å². The van der Waals surface area contributed by atoms with Gasteiger partial charge in [-0.1, -0.05) is 25.4 Å².